The van der Waals surface area contributed by atoms with Crippen LogP contribution in [0, 0.1) is 0 Å². The predicted molar refractivity (Wildman–Crippen MR) is 153 cm³/mol. The molecule has 1 aromatic rings. The quantitative estimate of drug-likeness (QED) is 0.0631. The SMILES string of the molecule is OCCCOCN(COCC1CO1)c1nc(N(COCC2CO2)COCC2CO2)nc(N(COCC2CO2)COCC2CO2)n1. The number of anilines is 3. The maximum Gasteiger partial charge on any atom is 0.235 e. The summed E-state index contributed by atoms with van der Waals surface area (Å²) in [6.45, 7) is 6.83. The Morgan fingerprint density at radius 3 is 1.00 bits per heavy atom. The van der Waals surface area contributed by atoms with Gasteiger partial charge in [0.2, 0.25) is 17.8 Å². The molecule has 18 heteroatoms. The first-order chi connectivity index (χ1) is 22.2. The molecule has 5 aliphatic rings. The molecule has 6 rings (SSSR count). The van der Waals surface area contributed by atoms with Gasteiger partial charge in [-0.1, -0.05) is 0 Å². The summed E-state index contributed by atoms with van der Waals surface area (Å²) in [4.78, 5) is 19.7. The molecular formula is C27H44N6O12. The van der Waals surface area contributed by atoms with Crippen molar-refractivity contribution < 1.29 is 57.2 Å². The van der Waals surface area contributed by atoms with E-state index in [0.29, 0.717) is 96.9 Å². The van der Waals surface area contributed by atoms with Crippen LogP contribution >= 0.6 is 0 Å². The van der Waals surface area contributed by atoms with E-state index in [1.54, 1.807) is 14.7 Å². The smallest absolute Gasteiger partial charge is 0.235 e. The van der Waals surface area contributed by atoms with Crippen molar-refractivity contribution >= 4 is 17.8 Å². The molecule has 1 N–H and O–H groups in total. The monoisotopic (exact) mass is 644 g/mol. The lowest BCUT2D eigenvalue weighted by atomic mass is 10.5. The van der Waals surface area contributed by atoms with Crippen LogP contribution in [0.3, 0.4) is 0 Å². The van der Waals surface area contributed by atoms with Gasteiger partial charge < -0.3 is 57.2 Å². The van der Waals surface area contributed by atoms with Gasteiger partial charge in [-0.15, -0.1) is 0 Å². The second-order valence-corrected chi connectivity index (χ2v) is 11.2. The van der Waals surface area contributed by atoms with Gasteiger partial charge in [0.05, 0.1) is 72.7 Å². The zero-order valence-electron chi connectivity index (χ0n) is 25.4. The van der Waals surface area contributed by atoms with Gasteiger partial charge in [-0.3, -0.25) is 14.7 Å². The Bertz CT molecular complexity index is 920. The summed E-state index contributed by atoms with van der Waals surface area (Å²) in [5.74, 6) is 0.934. The summed E-state index contributed by atoms with van der Waals surface area (Å²) < 4.78 is 62.0. The van der Waals surface area contributed by atoms with Gasteiger partial charge in [0.15, 0.2) is 0 Å². The minimum atomic E-state index is 0.0229. The number of ether oxygens (including phenoxy) is 11. The van der Waals surface area contributed by atoms with E-state index in [2.05, 4.69) is 0 Å². The number of epoxide rings is 5. The van der Waals surface area contributed by atoms with Crippen LogP contribution in [-0.2, 0) is 52.1 Å². The third-order valence-corrected chi connectivity index (χ3v) is 6.91. The van der Waals surface area contributed by atoms with Crippen molar-refractivity contribution in [2.24, 2.45) is 0 Å². The number of nitrogens with zero attached hydrogens (tertiary/aromatic N) is 6. The molecule has 0 spiro atoms. The average Bonchev–Trinajstić information content (AvgIpc) is 3.82. The summed E-state index contributed by atoms with van der Waals surface area (Å²) >= 11 is 0. The van der Waals surface area contributed by atoms with E-state index in [1.807, 2.05) is 0 Å². The van der Waals surface area contributed by atoms with Crippen LogP contribution < -0.4 is 14.7 Å². The topological polar surface area (TPSA) is 187 Å². The Morgan fingerprint density at radius 2 is 0.756 bits per heavy atom. The van der Waals surface area contributed by atoms with Crippen LogP contribution in [0.25, 0.3) is 0 Å². The van der Waals surface area contributed by atoms with E-state index in [1.165, 1.54) is 0 Å². The molecule has 0 amide bonds. The van der Waals surface area contributed by atoms with Crippen molar-refractivity contribution in [3.63, 3.8) is 0 Å². The minimum absolute atomic E-state index is 0.0229. The lowest BCUT2D eigenvalue weighted by Crippen LogP contribution is -2.37. The second kappa shape index (κ2) is 17.2. The molecule has 5 unspecified atom stereocenters. The van der Waals surface area contributed by atoms with Gasteiger partial charge in [0.1, 0.15) is 70.9 Å². The molecule has 0 aromatic carbocycles. The number of rotatable bonds is 28. The molecule has 45 heavy (non-hydrogen) atoms. The van der Waals surface area contributed by atoms with Gasteiger partial charge in [0, 0.05) is 6.61 Å². The van der Waals surface area contributed by atoms with E-state index in [-0.39, 0.29) is 77.5 Å². The normalized spacial score (nSPS) is 25.7. The van der Waals surface area contributed by atoms with Crippen LogP contribution in [0.2, 0.25) is 0 Å². The van der Waals surface area contributed by atoms with Crippen molar-refractivity contribution in [3.8, 4) is 0 Å². The molecule has 5 atom stereocenters. The molecule has 18 nitrogen and oxygen atoms in total. The lowest BCUT2D eigenvalue weighted by molar-refractivity contribution is 0.0674. The molecule has 6 heterocycles. The van der Waals surface area contributed by atoms with Crippen molar-refractivity contribution in [3.05, 3.63) is 0 Å². The number of aliphatic hydroxyl groups is 1. The molecule has 0 bridgehead atoms. The van der Waals surface area contributed by atoms with Crippen LogP contribution in [0.5, 0.6) is 0 Å². The molecule has 5 fully saturated rings. The fourth-order valence-corrected chi connectivity index (χ4v) is 3.86. The number of hydrogen-bond acceptors (Lipinski definition) is 18. The van der Waals surface area contributed by atoms with Crippen molar-refractivity contribution in [2.75, 3.05) is 134 Å². The Balaban J connectivity index is 1.23. The second-order valence-electron chi connectivity index (χ2n) is 11.2. The maximum atomic E-state index is 9.23. The molecule has 0 radical (unpaired) electrons. The van der Waals surface area contributed by atoms with Crippen molar-refractivity contribution in [1.29, 1.82) is 0 Å². The van der Waals surface area contributed by atoms with Crippen molar-refractivity contribution in [2.45, 2.75) is 36.9 Å². The first kappa shape index (κ1) is 32.9. The Kier molecular flexibility index (Phi) is 12.5. The highest BCUT2D eigenvalue weighted by atomic mass is 16.6. The largest absolute Gasteiger partial charge is 0.396 e. The summed E-state index contributed by atoms with van der Waals surface area (Å²) in [6, 6.07) is 0. The Morgan fingerprint density at radius 1 is 0.489 bits per heavy atom. The predicted octanol–water partition coefficient (Wildman–Crippen LogP) is -1.49. The van der Waals surface area contributed by atoms with Crippen LogP contribution in [0.4, 0.5) is 17.8 Å². The standard InChI is InChI=1S/C27H44N6O12/c34-2-1-3-35-14-31(15-36-4-20-9-41-20)25-28-26(32(16-37-5-21-10-42-21)17-38-6-22-11-43-22)30-27(29-25)33(18-39-7-23-12-44-23)19-40-8-24-13-45-24/h20-24,34H,1-19H2. The van der Waals surface area contributed by atoms with E-state index in [0.717, 1.165) is 0 Å². The first-order valence-electron chi connectivity index (χ1n) is 15.4. The van der Waals surface area contributed by atoms with Crippen LogP contribution in [0.15, 0.2) is 0 Å². The lowest BCUT2D eigenvalue weighted by Gasteiger charge is -2.28. The highest BCUT2D eigenvalue weighted by molar-refractivity contribution is 5.45. The van der Waals surface area contributed by atoms with Gasteiger partial charge in [-0.05, 0) is 6.42 Å². The third-order valence-electron chi connectivity index (χ3n) is 6.91. The number of aliphatic hydroxyl groups excluding tert-OH is 1. The average molecular weight is 645 g/mol. The molecule has 5 saturated heterocycles. The van der Waals surface area contributed by atoms with Gasteiger partial charge in [0.25, 0.3) is 0 Å². The van der Waals surface area contributed by atoms with Crippen molar-refractivity contribution in [1.82, 2.24) is 15.0 Å². The summed E-state index contributed by atoms with van der Waals surface area (Å²) in [7, 11) is 0. The molecule has 0 aliphatic carbocycles. The Hall–Kier alpha value is -2.07. The summed E-state index contributed by atoms with van der Waals surface area (Å²) in [6.07, 6.45) is 0.935. The minimum Gasteiger partial charge on any atom is -0.396 e. The number of hydrogen-bond donors (Lipinski definition) is 1. The Labute approximate surface area is 261 Å². The number of aromatic nitrogens is 3. The summed E-state index contributed by atoms with van der Waals surface area (Å²) in [5, 5.41) is 9.23. The maximum absolute atomic E-state index is 9.23. The van der Waals surface area contributed by atoms with E-state index >= 15 is 0 Å². The zero-order chi connectivity index (χ0) is 30.7. The molecule has 0 saturated carbocycles. The van der Waals surface area contributed by atoms with Crippen LogP contribution in [0.1, 0.15) is 6.42 Å². The van der Waals surface area contributed by atoms with Crippen LogP contribution in [-0.4, -0.2) is 170 Å². The fraction of sp³-hybridized carbons (Fsp3) is 0.889. The van der Waals surface area contributed by atoms with Gasteiger partial charge in [-0.25, -0.2) is 0 Å². The van der Waals surface area contributed by atoms with E-state index in [9.17, 15) is 5.11 Å². The highest BCUT2D eigenvalue weighted by Crippen LogP contribution is 2.22. The highest BCUT2D eigenvalue weighted by Gasteiger charge is 2.29. The third kappa shape index (κ3) is 12.6. The molecule has 5 aliphatic heterocycles. The van der Waals surface area contributed by atoms with E-state index < -0.39 is 0 Å². The van der Waals surface area contributed by atoms with E-state index in [4.69, 9.17) is 67.1 Å². The molecule has 254 valence electrons. The van der Waals surface area contributed by atoms with Gasteiger partial charge >= 0.3 is 0 Å². The molecule has 1 aromatic heterocycles. The summed E-state index contributed by atoms with van der Waals surface area (Å²) in [5.41, 5.74) is 0. The molecular weight excluding hydrogens is 600 g/mol. The zero-order valence-corrected chi connectivity index (χ0v) is 25.4. The van der Waals surface area contributed by atoms with Gasteiger partial charge in [-0.2, -0.15) is 15.0 Å². The fourth-order valence-electron chi connectivity index (χ4n) is 3.86. The first-order valence-corrected chi connectivity index (χ1v) is 15.4.